The Morgan fingerprint density at radius 2 is 2.22 bits per heavy atom. The lowest BCUT2D eigenvalue weighted by Crippen LogP contribution is -2.34. The molecule has 1 aliphatic rings. The number of amides is 1. The third-order valence-electron chi connectivity index (χ3n) is 2.70. The minimum Gasteiger partial charge on any atom is -0.550 e. The van der Waals surface area contributed by atoms with Crippen LogP contribution < -0.4 is 5.11 Å². The average Bonchev–Trinajstić information content (AvgIpc) is 2.68. The molecule has 0 N–H and O–H groups in total. The second-order valence-electron chi connectivity index (χ2n) is 3.89. The van der Waals surface area contributed by atoms with Crippen LogP contribution in [-0.2, 0) is 9.59 Å². The van der Waals surface area contributed by atoms with E-state index < -0.39 is 11.3 Å². The van der Waals surface area contributed by atoms with Gasteiger partial charge in [-0.1, -0.05) is 18.2 Å². The Morgan fingerprint density at radius 1 is 1.50 bits per heavy atom. The van der Waals surface area contributed by atoms with Crippen molar-refractivity contribution in [2.75, 3.05) is 12.3 Å². The molecule has 0 bridgehead atoms. The molecule has 1 aromatic rings. The van der Waals surface area contributed by atoms with Crippen molar-refractivity contribution < 1.29 is 19.1 Å². The van der Waals surface area contributed by atoms with Crippen LogP contribution in [-0.4, -0.2) is 29.1 Å². The largest absolute Gasteiger partial charge is 0.550 e. The zero-order valence-electron chi connectivity index (χ0n) is 9.47. The van der Waals surface area contributed by atoms with Gasteiger partial charge in [0.1, 0.15) is 11.2 Å². The van der Waals surface area contributed by atoms with Gasteiger partial charge < -0.3 is 14.8 Å². The number of carboxylic acids is 1. The number of carbonyl (C=O) groups is 2. The van der Waals surface area contributed by atoms with Crippen molar-refractivity contribution in [2.45, 2.75) is 11.8 Å². The Labute approximate surface area is 108 Å². The Morgan fingerprint density at radius 3 is 2.89 bits per heavy atom. The first-order chi connectivity index (χ1) is 8.59. The summed E-state index contributed by atoms with van der Waals surface area (Å²) in [7, 11) is 0. The summed E-state index contributed by atoms with van der Waals surface area (Å²) in [4.78, 5) is 23.5. The summed E-state index contributed by atoms with van der Waals surface area (Å²) in [6.45, 7) is 0.0488. The zero-order chi connectivity index (χ0) is 13.1. The number of hydrogen-bond acceptors (Lipinski definition) is 4. The van der Waals surface area contributed by atoms with E-state index in [9.17, 15) is 19.1 Å². The Balaban J connectivity index is 2.19. The topological polar surface area (TPSA) is 60.4 Å². The molecule has 0 unspecified atom stereocenters. The number of benzene rings is 1. The van der Waals surface area contributed by atoms with Crippen molar-refractivity contribution in [3.8, 4) is 0 Å². The van der Waals surface area contributed by atoms with Crippen LogP contribution in [0.1, 0.15) is 17.4 Å². The van der Waals surface area contributed by atoms with E-state index in [1.165, 1.54) is 22.7 Å². The first-order valence-electron chi connectivity index (χ1n) is 5.45. The molecule has 0 saturated carbocycles. The minimum atomic E-state index is -1.22. The van der Waals surface area contributed by atoms with Crippen LogP contribution in [0.5, 0.6) is 0 Å². The molecule has 1 fully saturated rings. The van der Waals surface area contributed by atoms with E-state index in [2.05, 4.69) is 0 Å². The summed E-state index contributed by atoms with van der Waals surface area (Å²) in [6, 6.07) is 6.21. The van der Waals surface area contributed by atoms with E-state index >= 15 is 0 Å². The molecule has 1 saturated heterocycles. The molecule has 1 aliphatic heterocycles. The number of nitrogens with zero attached hydrogens (tertiary/aromatic N) is 1. The van der Waals surface area contributed by atoms with Gasteiger partial charge in [-0.25, -0.2) is 4.39 Å². The molecule has 0 radical (unpaired) electrons. The SMILES string of the molecule is O=C([O-])CCN1C(=O)CS[C@@H]1c1ccccc1F. The van der Waals surface area contributed by atoms with Crippen LogP contribution in [0.3, 0.4) is 0 Å². The smallest absolute Gasteiger partial charge is 0.233 e. The highest BCUT2D eigenvalue weighted by atomic mass is 32.2. The fraction of sp³-hybridized carbons (Fsp3) is 0.333. The second kappa shape index (κ2) is 5.39. The predicted molar refractivity (Wildman–Crippen MR) is 62.9 cm³/mol. The quantitative estimate of drug-likeness (QED) is 0.799. The summed E-state index contributed by atoms with van der Waals surface area (Å²) in [5, 5.41) is 10.00. The van der Waals surface area contributed by atoms with Crippen molar-refractivity contribution in [1.29, 1.82) is 0 Å². The molecule has 4 nitrogen and oxygen atoms in total. The van der Waals surface area contributed by atoms with Crippen molar-refractivity contribution in [3.63, 3.8) is 0 Å². The van der Waals surface area contributed by atoms with Crippen molar-refractivity contribution in [3.05, 3.63) is 35.6 Å². The van der Waals surface area contributed by atoms with Crippen LogP contribution in [0.4, 0.5) is 4.39 Å². The van der Waals surface area contributed by atoms with Gasteiger partial charge in [-0.2, -0.15) is 0 Å². The highest BCUT2D eigenvalue weighted by Crippen LogP contribution is 2.39. The first-order valence-corrected chi connectivity index (χ1v) is 6.50. The van der Waals surface area contributed by atoms with Gasteiger partial charge in [0.2, 0.25) is 5.91 Å². The molecule has 1 aromatic carbocycles. The molecular formula is C12H11FNO3S-. The van der Waals surface area contributed by atoms with Crippen LogP contribution in [0.15, 0.2) is 24.3 Å². The monoisotopic (exact) mass is 268 g/mol. The number of hydrogen-bond donors (Lipinski definition) is 0. The summed E-state index contributed by atoms with van der Waals surface area (Å²) in [5.41, 5.74) is 0.409. The average molecular weight is 268 g/mol. The van der Waals surface area contributed by atoms with E-state index in [1.54, 1.807) is 18.2 Å². The molecule has 1 heterocycles. The predicted octanol–water partition coefficient (Wildman–Crippen LogP) is 0.540. The summed E-state index contributed by atoms with van der Waals surface area (Å²) in [6.07, 6.45) is -0.239. The zero-order valence-corrected chi connectivity index (χ0v) is 10.3. The van der Waals surface area contributed by atoms with Gasteiger partial charge in [-0.05, 0) is 6.07 Å². The van der Waals surface area contributed by atoms with Crippen LogP contribution in [0, 0.1) is 5.82 Å². The second-order valence-corrected chi connectivity index (χ2v) is 4.96. The molecule has 1 amide bonds. The third-order valence-corrected chi connectivity index (χ3v) is 3.93. The highest BCUT2D eigenvalue weighted by molar-refractivity contribution is 8.00. The van der Waals surface area contributed by atoms with Crippen LogP contribution in [0.2, 0.25) is 0 Å². The van der Waals surface area contributed by atoms with E-state index in [0.29, 0.717) is 5.56 Å². The number of halogens is 1. The molecule has 0 aromatic heterocycles. The molecular weight excluding hydrogens is 257 g/mol. The lowest BCUT2D eigenvalue weighted by Gasteiger charge is -2.24. The summed E-state index contributed by atoms with van der Waals surface area (Å²) < 4.78 is 13.7. The fourth-order valence-corrected chi connectivity index (χ4v) is 3.08. The number of aliphatic carboxylic acids is 1. The number of rotatable bonds is 4. The van der Waals surface area contributed by atoms with Gasteiger partial charge >= 0.3 is 0 Å². The Bertz CT molecular complexity index is 480. The molecule has 18 heavy (non-hydrogen) atoms. The van der Waals surface area contributed by atoms with Crippen LogP contribution >= 0.6 is 11.8 Å². The molecule has 96 valence electrons. The van der Waals surface area contributed by atoms with Gasteiger partial charge in [0.25, 0.3) is 0 Å². The van der Waals surface area contributed by atoms with E-state index in [-0.39, 0.29) is 30.4 Å². The third kappa shape index (κ3) is 2.64. The highest BCUT2D eigenvalue weighted by Gasteiger charge is 2.33. The Hall–Kier alpha value is -1.56. The number of carboxylic acid groups (broad SMARTS) is 1. The van der Waals surface area contributed by atoms with Crippen molar-refractivity contribution in [2.24, 2.45) is 0 Å². The number of carbonyl (C=O) groups excluding carboxylic acids is 2. The number of thioether (sulfide) groups is 1. The maximum absolute atomic E-state index is 13.7. The molecule has 0 aliphatic carbocycles. The summed E-state index contributed by atoms with van der Waals surface area (Å²) >= 11 is 1.30. The van der Waals surface area contributed by atoms with Crippen molar-refractivity contribution in [1.82, 2.24) is 4.90 Å². The van der Waals surface area contributed by atoms with Crippen LogP contribution in [0.25, 0.3) is 0 Å². The molecule has 1 atom stereocenters. The van der Waals surface area contributed by atoms with E-state index in [1.807, 2.05) is 0 Å². The summed E-state index contributed by atoms with van der Waals surface area (Å²) in [5.74, 6) is -1.53. The van der Waals surface area contributed by atoms with Gasteiger partial charge in [0, 0.05) is 24.5 Å². The molecule has 0 spiro atoms. The lowest BCUT2D eigenvalue weighted by atomic mass is 10.2. The molecule has 2 rings (SSSR count). The fourth-order valence-electron chi connectivity index (χ4n) is 1.84. The maximum atomic E-state index is 13.7. The van der Waals surface area contributed by atoms with Gasteiger partial charge in [0.05, 0.1) is 5.75 Å². The lowest BCUT2D eigenvalue weighted by molar-refractivity contribution is -0.305. The Kier molecular flexibility index (Phi) is 3.86. The maximum Gasteiger partial charge on any atom is 0.233 e. The van der Waals surface area contributed by atoms with E-state index in [4.69, 9.17) is 0 Å². The van der Waals surface area contributed by atoms with Crippen molar-refractivity contribution >= 4 is 23.6 Å². The first kappa shape index (κ1) is 12.9. The minimum absolute atomic E-state index is 0.0488. The molecule has 6 heteroatoms. The van der Waals surface area contributed by atoms with E-state index in [0.717, 1.165) is 0 Å². The van der Waals surface area contributed by atoms with Gasteiger partial charge in [-0.3, -0.25) is 4.79 Å². The van der Waals surface area contributed by atoms with Gasteiger partial charge in [0.15, 0.2) is 0 Å². The standard InChI is InChI=1S/C12H12FNO3S/c13-9-4-2-1-3-8(9)12-14(6-5-11(16)17)10(15)7-18-12/h1-4,12H,5-7H2,(H,16,17)/p-1/t12-/m1/s1. The van der Waals surface area contributed by atoms with Gasteiger partial charge in [-0.15, -0.1) is 11.8 Å². The normalized spacial score (nSPS) is 19.3.